The molecule has 0 fully saturated rings. The van der Waals surface area contributed by atoms with Crippen LogP contribution in [0.1, 0.15) is 33.1 Å². The smallest absolute Gasteiger partial charge is 0.0701 e. The van der Waals surface area contributed by atoms with Gasteiger partial charge in [0.15, 0.2) is 0 Å². The summed E-state index contributed by atoms with van der Waals surface area (Å²) in [7, 11) is 0. The Morgan fingerprint density at radius 3 is 1.04 bits per heavy atom. The third kappa shape index (κ3) is 33.7. The molecule has 0 amide bonds. The van der Waals surface area contributed by atoms with Crippen molar-refractivity contribution in [3.05, 3.63) is 0 Å². The minimum atomic E-state index is 0.0359. The van der Waals surface area contributed by atoms with Gasteiger partial charge in [0, 0.05) is 13.2 Å². The maximum Gasteiger partial charge on any atom is 0.0701 e. The maximum absolute atomic E-state index is 8.45. The Morgan fingerprint density at radius 2 is 0.741 bits per heavy atom. The summed E-state index contributed by atoms with van der Waals surface area (Å²) in [6.45, 7) is 11.0. The standard InChI is InChI=1S/C12H26O7.C7H16O/c13-1-3-15-5-7-17-9-11-19-12-10-18-8-6-16-4-2-14;1-3-5-7-8-6-4-2/h13-14H,1-12H2;3-7H2,1-2H3. The summed E-state index contributed by atoms with van der Waals surface area (Å²) >= 11 is 0. The zero-order valence-corrected chi connectivity index (χ0v) is 17.4. The normalized spacial score (nSPS) is 10.7. The second-order valence-corrected chi connectivity index (χ2v) is 5.48. The lowest BCUT2D eigenvalue weighted by Crippen LogP contribution is -2.14. The molecule has 0 aromatic rings. The fourth-order valence-electron chi connectivity index (χ4n) is 1.60. The van der Waals surface area contributed by atoms with E-state index in [0.717, 1.165) is 19.6 Å². The van der Waals surface area contributed by atoms with Crippen LogP contribution in [0.4, 0.5) is 0 Å². The molecule has 0 saturated carbocycles. The van der Waals surface area contributed by atoms with Crippen LogP contribution in [-0.2, 0) is 28.4 Å². The molecule has 0 heterocycles. The van der Waals surface area contributed by atoms with Crippen molar-refractivity contribution in [3.8, 4) is 0 Å². The Balaban J connectivity index is 0. The van der Waals surface area contributed by atoms with Gasteiger partial charge in [0.05, 0.1) is 79.3 Å². The highest BCUT2D eigenvalue weighted by Gasteiger charge is 1.93. The summed E-state index contributed by atoms with van der Waals surface area (Å²) in [4.78, 5) is 0. The molecule has 8 heteroatoms. The first-order chi connectivity index (χ1) is 13.3. The van der Waals surface area contributed by atoms with Gasteiger partial charge < -0.3 is 38.6 Å². The van der Waals surface area contributed by atoms with Crippen LogP contribution in [0, 0.1) is 0 Å². The molecule has 0 aliphatic heterocycles. The Morgan fingerprint density at radius 1 is 0.407 bits per heavy atom. The lowest BCUT2D eigenvalue weighted by molar-refractivity contribution is -0.0151. The first-order valence-corrected chi connectivity index (χ1v) is 10.0. The van der Waals surface area contributed by atoms with Gasteiger partial charge in [-0.1, -0.05) is 20.3 Å². The Hall–Kier alpha value is -0.320. The molecule has 0 aromatic heterocycles. The average molecular weight is 399 g/mol. The molecule has 0 spiro atoms. The highest BCUT2D eigenvalue weighted by molar-refractivity contribution is 4.36. The van der Waals surface area contributed by atoms with Crippen molar-refractivity contribution in [2.45, 2.75) is 33.1 Å². The summed E-state index contributed by atoms with van der Waals surface area (Å²) in [6.07, 6.45) is 3.59. The van der Waals surface area contributed by atoms with Crippen LogP contribution in [-0.4, -0.2) is 103 Å². The van der Waals surface area contributed by atoms with E-state index in [-0.39, 0.29) is 13.2 Å². The second-order valence-electron chi connectivity index (χ2n) is 5.48. The SMILES string of the molecule is CCCCOCCC.OCCOCCOCCOCCOCCOCCO. The lowest BCUT2D eigenvalue weighted by Gasteiger charge is -2.07. The van der Waals surface area contributed by atoms with Crippen molar-refractivity contribution in [1.29, 1.82) is 0 Å². The van der Waals surface area contributed by atoms with Crippen LogP contribution in [0.25, 0.3) is 0 Å². The van der Waals surface area contributed by atoms with Gasteiger partial charge in [-0.3, -0.25) is 0 Å². The topological polar surface area (TPSA) is 95.8 Å². The number of rotatable bonds is 21. The van der Waals surface area contributed by atoms with E-state index in [2.05, 4.69) is 13.8 Å². The minimum Gasteiger partial charge on any atom is -0.394 e. The average Bonchev–Trinajstić information content (AvgIpc) is 2.69. The van der Waals surface area contributed by atoms with Gasteiger partial charge >= 0.3 is 0 Å². The molecule has 0 saturated heterocycles. The predicted octanol–water partition coefficient (Wildman–Crippen LogP) is 1.27. The van der Waals surface area contributed by atoms with Gasteiger partial charge in [-0.2, -0.15) is 0 Å². The maximum atomic E-state index is 8.45. The van der Waals surface area contributed by atoms with Crippen molar-refractivity contribution in [2.24, 2.45) is 0 Å². The second kappa shape index (κ2) is 30.4. The largest absolute Gasteiger partial charge is 0.394 e. The predicted molar refractivity (Wildman–Crippen MR) is 104 cm³/mol. The molecule has 0 aromatic carbocycles. The van der Waals surface area contributed by atoms with E-state index in [0.29, 0.717) is 66.1 Å². The van der Waals surface area contributed by atoms with E-state index in [9.17, 15) is 0 Å². The van der Waals surface area contributed by atoms with Crippen LogP contribution < -0.4 is 0 Å². The number of unbranched alkanes of at least 4 members (excludes halogenated alkanes) is 1. The molecule has 0 bridgehead atoms. The van der Waals surface area contributed by atoms with Crippen LogP contribution >= 0.6 is 0 Å². The molecule has 0 atom stereocenters. The highest BCUT2D eigenvalue weighted by atomic mass is 16.6. The zero-order valence-electron chi connectivity index (χ0n) is 17.4. The summed E-state index contributed by atoms with van der Waals surface area (Å²) in [5.74, 6) is 0. The van der Waals surface area contributed by atoms with Gasteiger partial charge in [-0.05, 0) is 12.8 Å². The van der Waals surface area contributed by atoms with Gasteiger partial charge in [-0.25, -0.2) is 0 Å². The Kier molecular flexibility index (Phi) is 32.5. The monoisotopic (exact) mass is 398 g/mol. The fraction of sp³-hybridized carbons (Fsp3) is 1.00. The van der Waals surface area contributed by atoms with E-state index in [4.69, 9.17) is 38.6 Å². The van der Waals surface area contributed by atoms with Crippen LogP contribution in [0.2, 0.25) is 0 Å². The number of hydrogen-bond acceptors (Lipinski definition) is 8. The van der Waals surface area contributed by atoms with Gasteiger partial charge in [-0.15, -0.1) is 0 Å². The Bertz CT molecular complexity index is 210. The number of ether oxygens (including phenoxy) is 6. The number of hydrogen-bond donors (Lipinski definition) is 2. The molecule has 2 N–H and O–H groups in total. The van der Waals surface area contributed by atoms with E-state index in [1.807, 2.05) is 0 Å². The molecule has 27 heavy (non-hydrogen) atoms. The van der Waals surface area contributed by atoms with E-state index >= 15 is 0 Å². The number of aliphatic hydroxyl groups is 2. The zero-order chi connectivity index (χ0) is 20.3. The minimum absolute atomic E-state index is 0.0359. The molecule has 0 aliphatic carbocycles. The lowest BCUT2D eigenvalue weighted by atomic mass is 10.4. The summed E-state index contributed by atoms with van der Waals surface area (Å²) in [6, 6.07) is 0. The van der Waals surface area contributed by atoms with E-state index in [1.54, 1.807) is 0 Å². The van der Waals surface area contributed by atoms with E-state index < -0.39 is 0 Å². The molecular formula is C19H42O8. The summed E-state index contributed by atoms with van der Waals surface area (Å²) in [5, 5.41) is 16.9. The molecule has 0 unspecified atom stereocenters. The molecule has 166 valence electrons. The van der Waals surface area contributed by atoms with Crippen molar-refractivity contribution in [3.63, 3.8) is 0 Å². The molecular weight excluding hydrogens is 356 g/mol. The van der Waals surface area contributed by atoms with Crippen LogP contribution in [0.15, 0.2) is 0 Å². The van der Waals surface area contributed by atoms with Crippen molar-refractivity contribution >= 4 is 0 Å². The van der Waals surface area contributed by atoms with Crippen molar-refractivity contribution < 1.29 is 38.6 Å². The molecule has 0 radical (unpaired) electrons. The molecule has 0 aliphatic rings. The van der Waals surface area contributed by atoms with Crippen LogP contribution in [0.5, 0.6) is 0 Å². The first-order valence-electron chi connectivity index (χ1n) is 10.0. The van der Waals surface area contributed by atoms with Crippen molar-refractivity contribution in [2.75, 3.05) is 92.5 Å². The molecule has 0 rings (SSSR count). The third-order valence-corrected chi connectivity index (χ3v) is 2.95. The summed E-state index contributed by atoms with van der Waals surface area (Å²) < 4.78 is 31.0. The highest BCUT2D eigenvalue weighted by Crippen LogP contribution is 1.88. The first kappa shape index (κ1) is 28.9. The molecule has 8 nitrogen and oxygen atoms in total. The van der Waals surface area contributed by atoms with E-state index in [1.165, 1.54) is 12.8 Å². The van der Waals surface area contributed by atoms with Crippen LogP contribution in [0.3, 0.4) is 0 Å². The third-order valence-electron chi connectivity index (χ3n) is 2.95. The summed E-state index contributed by atoms with van der Waals surface area (Å²) in [5.41, 5.74) is 0. The van der Waals surface area contributed by atoms with Gasteiger partial charge in [0.1, 0.15) is 0 Å². The Labute approximate surface area is 165 Å². The van der Waals surface area contributed by atoms with Gasteiger partial charge in [0.2, 0.25) is 0 Å². The quantitative estimate of drug-likeness (QED) is 0.279. The van der Waals surface area contributed by atoms with Crippen molar-refractivity contribution in [1.82, 2.24) is 0 Å². The fourth-order valence-corrected chi connectivity index (χ4v) is 1.60. The number of aliphatic hydroxyl groups excluding tert-OH is 2. The van der Waals surface area contributed by atoms with Gasteiger partial charge in [0.25, 0.3) is 0 Å².